The van der Waals surface area contributed by atoms with Gasteiger partial charge in [-0.2, -0.15) is 5.26 Å². The SMILES string of the molecule is N#Cc1ccc(Cl)cc1OCCCCC(=O)O. The topological polar surface area (TPSA) is 70.3 Å². The van der Waals surface area contributed by atoms with Gasteiger partial charge in [-0.15, -0.1) is 0 Å². The molecule has 1 aromatic rings. The van der Waals surface area contributed by atoms with Gasteiger partial charge < -0.3 is 9.84 Å². The van der Waals surface area contributed by atoms with E-state index >= 15 is 0 Å². The van der Waals surface area contributed by atoms with E-state index < -0.39 is 5.97 Å². The van der Waals surface area contributed by atoms with E-state index in [4.69, 9.17) is 26.7 Å². The molecule has 0 heterocycles. The summed E-state index contributed by atoms with van der Waals surface area (Å²) in [5, 5.41) is 17.8. The standard InChI is InChI=1S/C12H12ClNO3/c13-10-5-4-9(8-14)11(7-10)17-6-2-1-3-12(15)16/h4-5,7H,1-3,6H2,(H,15,16). The van der Waals surface area contributed by atoms with Crippen molar-refractivity contribution in [3.8, 4) is 11.8 Å². The van der Waals surface area contributed by atoms with Gasteiger partial charge in [0.1, 0.15) is 11.8 Å². The monoisotopic (exact) mass is 253 g/mol. The van der Waals surface area contributed by atoms with Crippen LogP contribution >= 0.6 is 11.6 Å². The van der Waals surface area contributed by atoms with Crippen molar-refractivity contribution in [2.75, 3.05) is 6.61 Å². The van der Waals surface area contributed by atoms with Crippen molar-refractivity contribution in [1.29, 1.82) is 5.26 Å². The number of hydrogen-bond acceptors (Lipinski definition) is 3. The van der Waals surface area contributed by atoms with Gasteiger partial charge in [-0.1, -0.05) is 11.6 Å². The molecule has 0 fully saturated rings. The number of aliphatic carboxylic acids is 1. The number of carboxylic acids is 1. The lowest BCUT2D eigenvalue weighted by Crippen LogP contribution is -2.01. The van der Waals surface area contributed by atoms with Crippen LogP contribution in [0.4, 0.5) is 0 Å². The largest absolute Gasteiger partial charge is 0.492 e. The third-order valence-electron chi connectivity index (χ3n) is 2.11. The molecule has 5 heteroatoms. The Balaban J connectivity index is 2.43. The highest BCUT2D eigenvalue weighted by Gasteiger charge is 2.04. The maximum Gasteiger partial charge on any atom is 0.303 e. The molecule has 0 aliphatic rings. The molecule has 0 bridgehead atoms. The second-order valence-electron chi connectivity index (χ2n) is 3.45. The summed E-state index contributed by atoms with van der Waals surface area (Å²) >= 11 is 5.79. The summed E-state index contributed by atoms with van der Waals surface area (Å²) in [4.78, 5) is 10.3. The van der Waals surface area contributed by atoms with E-state index in [2.05, 4.69) is 0 Å². The van der Waals surface area contributed by atoms with Crippen molar-refractivity contribution < 1.29 is 14.6 Å². The van der Waals surface area contributed by atoms with Gasteiger partial charge in [0.15, 0.2) is 0 Å². The lowest BCUT2D eigenvalue weighted by Gasteiger charge is -2.07. The summed E-state index contributed by atoms with van der Waals surface area (Å²) in [5.41, 5.74) is 0.424. The molecule has 0 aliphatic carbocycles. The van der Waals surface area contributed by atoms with Crippen LogP contribution in [0.1, 0.15) is 24.8 Å². The lowest BCUT2D eigenvalue weighted by atomic mass is 10.2. The van der Waals surface area contributed by atoms with Gasteiger partial charge in [-0.3, -0.25) is 4.79 Å². The fourth-order valence-electron chi connectivity index (χ4n) is 1.27. The minimum Gasteiger partial charge on any atom is -0.492 e. The molecule has 0 unspecified atom stereocenters. The smallest absolute Gasteiger partial charge is 0.303 e. The maximum absolute atomic E-state index is 10.3. The predicted octanol–water partition coefficient (Wildman–Crippen LogP) is 2.85. The average molecular weight is 254 g/mol. The predicted molar refractivity (Wildman–Crippen MR) is 63.1 cm³/mol. The summed E-state index contributed by atoms with van der Waals surface area (Å²) in [6.45, 7) is 0.377. The number of nitriles is 1. The first-order valence-corrected chi connectivity index (χ1v) is 5.55. The molecule has 0 aromatic heterocycles. The summed E-state index contributed by atoms with van der Waals surface area (Å²) in [7, 11) is 0. The van der Waals surface area contributed by atoms with Crippen molar-refractivity contribution in [2.45, 2.75) is 19.3 Å². The number of carboxylic acid groups (broad SMARTS) is 1. The van der Waals surface area contributed by atoms with Crippen molar-refractivity contribution in [1.82, 2.24) is 0 Å². The third-order valence-corrected chi connectivity index (χ3v) is 2.34. The van der Waals surface area contributed by atoms with E-state index in [0.29, 0.717) is 35.8 Å². The minimum atomic E-state index is -0.814. The average Bonchev–Trinajstić information content (AvgIpc) is 2.28. The molecule has 1 aromatic carbocycles. The normalized spacial score (nSPS) is 9.65. The summed E-state index contributed by atoms with van der Waals surface area (Å²) in [5.74, 6) is -0.374. The first kappa shape index (κ1) is 13.3. The van der Waals surface area contributed by atoms with Crippen molar-refractivity contribution in [3.63, 3.8) is 0 Å². The van der Waals surface area contributed by atoms with Crippen molar-refractivity contribution in [3.05, 3.63) is 28.8 Å². The first-order valence-electron chi connectivity index (χ1n) is 5.17. The number of halogens is 1. The number of nitrogens with zero attached hydrogens (tertiary/aromatic N) is 1. The number of rotatable bonds is 6. The number of ether oxygens (including phenoxy) is 1. The Morgan fingerprint density at radius 2 is 2.24 bits per heavy atom. The molecule has 90 valence electrons. The molecular weight excluding hydrogens is 242 g/mol. The van der Waals surface area contributed by atoms with Crippen LogP contribution in [0.25, 0.3) is 0 Å². The van der Waals surface area contributed by atoms with Crippen LogP contribution in [0.15, 0.2) is 18.2 Å². The highest BCUT2D eigenvalue weighted by Crippen LogP contribution is 2.22. The zero-order chi connectivity index (χ0) is 12.7. The van der Waals surface area contributed by atoms with Gasteiger partial charge in [0, 0.05) is 17.5 Å². The van der Waals surface area contributed by atoms with Gasteiger partial charge in [0.05, 0.1) is 12.2 Å². The molecule has 0 aliphatic heterocycles. The van der Waals surface area contributed by atoms with Crippen LogP contribution in [-0.2, 0) is 4.79 Å². The van der Waals surface area contributed by atoms with E-state index in [0.717, 1.165) is 0 Å². The van der Waals surface area contributed by atoms with E-state index in [-0.39, 0.29) is 6.42 Å². The Kier molecular flexibility index (Phi) is 5.31. The molecule has 0 spiro atoms. The van der Waals surface area contributed by atoms with E-state index in [9.17, 15) is 4.79 Å². The molecule has 17 heavy (non-hydrogen) atoms. The van der Waals surface area contributed by atoms with Gasteiger partial charge in [0.2, 0.25) is 0 Å². The zero-order valence-electron chi connectivity index (χ0n) is 9.15. The maximum atomic E-state index is 10.3. The van der Waals surface area contributed by atoms with Crippen LogP contribution in [-0.4, -0.2) is 17.7 Å². The van der Waals surface area contributed by atoms with E-state index in [1.54, 1.807) is 18.2 Å². The van der Waals surface area contributed by atoms with E-state index in [1.807, 2.05) is 6.07 Å². The molecule has 0 atom stereocenters. The number of unbranched alkanes of at least 4 members (excludes halogenated alkanes) is 1. The van der Waals surface area contributed by atoms with Crippen LogP contribution < -0.4 is 4.74 Å². The minimum absolute atomic E-state index is 0.129. The molecule has 1 rings (SSSR count). The van der Waals surface area contributed by atoms with Crippen LogP contribution in [0.5, 0.6) is 5.75 Å². The Hall–Kier alpha value is -1.73. The van der Waals surface area contributed by atoms with Gasteiger partial charge in [0.25, 0.3) is 0 Å². The zero-order valence-corrected chi connectivity index (χ0v) is 9.91. The third kappa shape index (κ3) is 4.75. The number of benzene rings is 1. The van der Waals surface area contributed by atoms with Crippen LogP contribution in [0.3, 0.4) is 0 Å². The van der Waals surface area contributed by atoms with Crippen LogP contribution in [0.2, 0.25) is 5.02 Å². The van der Waals surface area contributed by atoms with Gasteiger partial charge in [-0.05, 0) is 25.0 Å². The fourth-order valence-corrected chi connectivity index (χ4v) is 1.43. The second-order valence-corrected chi connectivity index (χ2v) is 3.89. The lowest BCUT2D eigenvalue weighted by molar-refractivity contribution is -0.137. The molecule has 4 nitrogen and oxygen atoms in total. The molecule has 0 saturated heterocycles. The molecule has 1 N–H and O–H groups in total. The van der Waals surface area contributed by atoms with Crippen molar-refractivity contribution in [2.24, 2.45) is 0 Å². The Bertz CT molecular complexity index is 440. The Morgan fingerprint density at radius 3 is 2.88 bits per heavy atom. The Labute approximate surface area is 104 Å². The highest BCUT2D eigenvalue weighted by molar-refractivity contribution is 6.30. The summed E-state index contributed by atoms with van der Waals surface area (Å²) < 4.78 is 5.39. The van der Waals surface area contributed by atoms with Gasteiger partial charge >= 0.3 is 5.97 Å². The van der Waals surface area contributed by atoms with E-state index in [1.165, 1.54) is 0 Å². The summed E-state index contributed by atoms with van der Waals surface area (Å²) in [6, 6.07) is 6.80. The Morgan fingerprint density at radius 1 is 1.47 bits per heavy atom. The first-order chi connectivity index (χ1) is 8.13. The molecule has 0 radical (unpaired) electrons. The van der Waals surface area contributed by atoms with Gasteiger partial charge in [-0.25, -0.2) is 0 Å². The summed E-state index contributed by atoms with van der Waals surface area (Å²) in [6.07, 6.45) is 1.31. The second kappa shape index (κ2) is 6.77. The quantitative estimate of drug-likeness (QED) is 0.792. The van der Waals surface area contributed by atoms with Crippen LogP contribution in [0, 0.1) is 11.3 Å². The number of carbonyl (C=O) groups is 1. The molecular formula is C12H12ClNO3. The van der Waals surface area contributed by atoms with Crippen molar-refractivity contribution >= 4 is 17.6 Å². The highest BCUT2D eigenvalue weighted by atomic mass is 35.5. The number of hydrogen-bond donors (Lipinski definition) is 1. The molecule has 0 saturated carbocycles. The fraction of sp³-hybridized carbons (Fsp3) is 0.333. The molecule has 0 amide bonds.